The first-order chi connectivity index (χ1) is 8.56. The van der Waals surface area contributed by atoms with Gasteiger partial charge in [0.25, 0.3) is 0 Å². The second kappa shape index (κ2) is 6.98. The number of nitrogens with one attached hydrogen (secondary N) is 2. The van der Waals surface area contributed by atoms with E-state index in [1.165, 1.54) is 0 Å². The van der Waals surface area contributed by atoms with Gasteiger partial charge < -0.3 is 15.5 Å². The third kappa shape index (κ3) is 4.35. The predicted octanol–water partition coefficient (Wildman–Crippen LogP) is 1.97. The zero-order chi connectivity index (χ0) is 13.5. The van der Waals surface area contributed by atoms with E-state index in [4.69, 9.17) is 0 Å². The van der Waals surface area contributed by atoms with E-state index in [0.717, 1.165) is 19.4 Å². The van der Waals surface area contributed by atoms with Gasteiger partial charge in [-0.2, -0.15) is 15.0 Å². The molecule has 6 heteroatoms. The summed E-state index contributed by atoms with van der Waals surface area (Å²) < 4.78 is 0. The van der Waals surface area contributed by atoms with E-state index in [2.05, 4.69) is 39.4 Å². The van der Waals surface area contributed by atoms with Crippen molar-refractivity contribution in [1.82, 2.24) is 15.0 Å². The van der Waals surface area contributed by atoms with E-state index in [0.29, 0.717) is 23.9 Å². The zero-order valence-corrected chi connectivity index (χ0v) is 12.0. The first-order valence-electron chi connectivity index (χ1n) is 6.50. The highest BCUT2D eigenvalue weighted by molar-refractivity contribution is 5.43. The molecule has 1 rings (SSSR count). The largest absolute Gasteiger partial charge is 0.354 e. The lowest BCUT2D eigenvalue weighted by Crippen LogP contribution is -2.20. The summed E-state index contributed by atoms with van der Waals surface area (Å²) in [4.78, 5) is 14.9. The Balaban J connectivity index is 2.88. The van der Waals surface area contributed by atoms with Crippen molar-refractivity contribution in [2.75, 3.05) is 36.2 Å². The van der Waals surface area contributed by atoms with Crippen LogP contribution in [0.5, 0.6) is 0 Å². The van der Waals surface area contributed by atoms with E-state index < -0.39 is 0 Å². The maximum Gasteiger partial charge on any atom is 0.231 e. The molecule has 0 saturated carbocycles. The van der Waals surface area contributed by atoms with Crippen molar-refractivity contribution in [3.8, 4) is 0 Å². The lowest BCUT2D eigenvalue weighted by atomic mass is 10.2. The minimum absolute atomic E-state index is 0.363. The molecule has 2 N–H and O–H groups in total. The highest BCUT2D eigenvalue weighted by Gasteiger charge is 2.09. The van der Waals surface area contributed by atoms with Crippen molar-refractivity contribution in [1.29, 1.82) is 0 Å². The molecule has 18 heavy (non-hydrogen) atoms. The van der Waals surface area contributed by atoms with Crippen LogP contribution >= 0.6 is 0 Å². The lowest BCUT2D eigenvalue weighted by Gasteiger charge is -2.16. The van der Waals surface area contributed by atoms with Gasteiger partial charge in [0.1, 0.15) is 0 Å². The van der Waals surface area contributed by atoms with Crippen molar-refractivity contribution >= 4 is 17.8 Å². The van der Waals surface area contributed by atoms with Crippen LogP contribution in [0.3, 0.4) is 0 Å². The zero-order valence-electron chi connectivity index (χ0n) is 12.0. The summed E-state index contributed by atoms with van der Waals surface area (Å²) in [5, 5.41) is 6.43. The van der Waals surface area contributed by atoms with Crippen LogP contribution in [0.15, 0.2) is 0 Å². The molecule has 0 saturated heterocycles. The Kier molecular flexibility index (Phi) is 5.61. The van der Waals surface area contributed by atoms with Gasteiger partial charge >= 0.3 is 0 Å². The molecule has 0 aliphatic rings. The van der Waals surface area contributed by atoms with Crippen molar-refractivity contribution < 1.29 is 0 Å². The van der Waals surface area contributed by atoms with E-state index in [9.17, 15) is 0 Å². The van der Waals surface area contributed by atoms with Gasteiger partial charge in [-0.1, -0.05) is 13.3 Å². The number of aromatic nitrogens is 3. The van der Waals surface area contributed by atoms with Gasteiger partial charge in [0.15, 0.2) is 0 Å². The summed E-state index contributed by atoms with van der Waals surface area (Å²) in [6.45, 7) is 7.11. The quantitative estimate of drug-likeness (QED) is 0.773. The van der Waals surface area contributed by atoms with Gasteiger partial charge in [-0.25, -0.2) is 0 Å². The molecule has 1 aromatic heterocycles. The summed E-state index contributed by atoms with van der Waals surface area (Å²) in [6.07, 6.45) is 2.24. The van der Waals surface area contributed by atoms with Gasteiger partial charge in [0.2, 0.25) is 17.8 Å². The second-order valence-electron chi connectivity index (χ2n) is 4.54. The SMILES string of the molecule is CCCC(C)Nc1nc(NCC)nc(N(C)C)n1. The topological polar surface area (TPSA) is 66.0 Å². The smallest absolute Gasteiger partial charge is 0.231 e. The first-order valence-corrected chi connectivity index (χ1v) is 6.50. The molecule has 1 unspecified atom stereocenters. The molecule has 6 nitrogen and oxygen atoms in total. The summed E-state index contributed by atoms with van der Waals surface area (Å²) >= 11 is 0. The minimum Gasteiger partial charge on any atom is -0.354 e. The molecule has 1 atom stereocenters. The Hall–Kier alpha value is -1.59. The molecule has 0 fully saturated rings. The molecule has 0 amide bonds. The standard InChI is InChI=1S/C12H24N6/c1-6-8-9(3)14-11-15-10(13-7-2)16-12(17-11)18(4)5/h9H,6-8H2,1-5H3,(H2,13,14,15,16,17). The molecule has 0 aromatic carbocycles. The minimum atomic E-state index is 0.363. The number of hydrogen-bond acceptors (Lipinski definition) is 6. The van der Waals surface area contributed by atoms with Gasteiger partial charge in [-0.05, 0) is 20.3 Å². The van der Waals surface area contributed by atoms with E-state index in [1.807, 2.05) is 25.9 Å². The second-order valence-corrected chi connectivity index (χ2v) is 4.54. The Morgan fingerprint density at radius 3 is 2.33 bits per heavy atom. The Morgan fingerprint density at radius 1 is 1.11 bits per heavy atom. The Bertz CT molecular complexity index is 366. The molecule has 0 spiro atoms. The Morgan fingerprint density at radius 2 is 1.78 bits per heavy atom. The van der Waals surface area contributed by atoms with Gasteiger partial charge in [-0.3, -0.25) is 0 Å². The van der Waals surface area contributed by atoms with Crippen LogP contribution in [-0.4, -0.2) is 41.6 Å². The van der Waals surface area contributed by atoms with Crippen LogP contribution in [0.1, 0.15) is 33.6 Å². The number of nitrogens with zero attached hydrogens (tertiary/aromatic N) is 4. The van der Waals surface area contributed by atoms with Crippen LogP contribution in [0.25, 0.3) is 0 Å². The monoisotopic (exact) mass is 252 g/mol. The van der Waals surface area contributed by atoms with Crippen LogP contribution in [0.4, 0.5) is 17.8 Å². The molecule has 0 aliphatic carbocycles. The molecule has 1 aromatic rings. The van der Waals surface area contributed by atoms with Crippen LogP contribution in [-0.2, 0) is 0 Å². The van der Waals surface area contributed by atoms with Crippen molar-refractivity contribution in [2.24, 2.45) is 0 Å². The third-order valence-electron chi connectivity index (χ3n) is 2.46. The molecular weight excluding hydrogens is 228 g/mol. The number of anilines is 3. The maximum absolute atomic E-state index is 4.39. The van der Waals surface area contributed by atoms with Crippen molar-refractivity contribution in [3.05, 3.63) is 0 Å². The normalized spacial score (nSPS) is 12.1. The predicted molar refractivity (Wildman–Crippen MR) is 76.3 cm³/mol. The average molecular weight is 252 g/mol. The molecule has 1 heterocycles. The lowest BCUT2D eigenvalue weighted by molar-refractivity contribution is 0.683. The molecule has 0 radical (unpaired) electrons. The Labute approximate surface area is 109 Å². The average Bonchev–Trinajstić information content (AvgIpc) is 2.29. The van der Waals surface area contributed by atoms with Gasteiger partial charge in [-0.15, -0.1) is 0 Å². The van der Waals surface area contributed by atoms with Gasteiger partial charge in [0.05, 0.1) is 0 Å². The maximum atomic E-state index is 4.39. The number of hydrogen-bond donors (Lipinski definition) is 2. The fourth-order valence-electron chi connectivity index (χ4n) is 1.59. The first kappa shape index (κ1) is 14.5. The molecular formula is C12H24N6. The summed E-state index contributed by atoms with van der Waals surface area (Å²) in [5.41, 5.74) is 0. The fraction of sp³-hybridized carbons (Fsp3) is 0.750. The van der Waals surface area contributed by atoms with Crippen LogP contribution < -0.4 is 15.5 Å². The van der Waals surface area contributed by atoms with Crippen molar-refractivity contribution in [2.45, 2.75) is 39.7 Å². The van der Waals surface area contributed by atoms with E-state index >= 15 is 0 Å². The molecule has 102 valence electrons. The van der Waals surface area contributed by atoms with Crippen LogP contribution in [0.2, 0.25) is 0 Å². The summed E-state index contributed by atoms with van der Waals surface area (Å²) in [6, 6.07) is 0.363. The van der Waals surface area contributed by atoms with Gasteiger partial charge in [0, 0.05) is 26.7 Å². The van der Waals surface area contributed by atoms with E-state index in [-0.39, 0.29) is 0 Å². The highest BCUT2D eigenvalue weighted by Crippen LogP contribution is 2.13. The highest BCUT2D eigenvalue weighted by atomic mass is 15.3. The summed E-state index contributed by atoms with van der Waals surface area (Å²) in [7, 11) is 3.84. The fourth-order valence-corrected chi connectivity index (χ4v) is 1.59. The summed E-state index contributed by atoms with van der Waals surface area (Å²) in [5.74, 6) is 1.90. The molecule has 0 aliphatic heterocycles. The van der Waals surface area contributed by atoms with E-state index in [1.54, 1.807) is 0 Å². The third-order valence-corrected chi connectivity index (χ3v) is 2.46. The number of rotatable bonds is 7. The van der Waals surface area contributed by atoms with Crippen molar-refractivity contribution in [3.63, 3.8) is 0 Å². The van der Waals surface area contributed by atoms with Crippen LogP contribution in [0, 0.1) is 0 Å². The molecule has 0 bridgehead atoms.